The Kier molecular flexibility index (Phi) is 5.67. The van der Waals surface area contributed by atoms with Crippen molar-refractivity contribution in [1.29, 1.82) is 0 Å². The highest BCUT2D eigenvalue weighted by molar-refractivity contribution is 6.01. The van der Waals surface area contributed by atoms with E-state index in [9.17, 15) is 14.4 Å². The van der Waals surface area contributed by atoms with E-state index in [2.05, 4.69) is 10.1 Å². The number of aromatic carboxylic acids is 1. The van der Waals surface area contributed by atoms with Gasteiger partial charge >= 0.3 is 11.9 Å². The van der Waals surface area contributed by atoms with Gasteiger partial charge in [0.2, 0.25) is 5.91 Å². The molecule has 1 aromatic rings. The second-order valence-corrected chi connectivity index (χ2v) is 3.95. The van der Waals surface area contributed by atoms with Gasteiger partial charge in [-0.1, -0.05) is 12.1 Å². The van der Waals surface area contributed by atoms with Crippen molar-refractivity contribution in [3.8, 4) is 0 Å². The fraction of sp³-hybridized carbons (Fsp3) is 0.308. The first-order valence-corrected chi connectivity index (χ1v) is 5.98. The van der Waals surface area contributed by atoms with Gasteiger partial charge in [-0.2, -0.15) is 0 Å². The monoisotopic (exact) mass is 280 g/mol. The number of amides is 1. The van der Waals surface area contributed by atoms with Crippen LogP contribution in [0.15, 0.2) is 24.3 Å². The van der Waals surface area contributed by atoms with E-state index in [1.807, 2.05) is 0 Å². The summed E-state index contributed by atoms with van der Waals surface area (Å²) in [7, 11) is 0. The number of carboxylic acid groups (broad SMARTS) is 1. The lowest BCUT2D eigenvalue weighted by Gasteiger charge is -2.11. The normalized spacial score (nSPS) is 11.5. The molecule has 1 unspecified atom stereocenters. The maximum atomic E-state index is 11.6. The van der Waals surface area contributed by atoms with E-state index in [4.69, 9.17) is 10.8 Å². The zero-order valence-electron chi connectivity index (χ0n) is 11.0. The van der Waals surface area contributed by atoms with Gasteiger partial charge in [-0.25, -0.2) is 9.59 Å². The van der Waals surface area contributed by atoms with Crippen molar-refractivity contribution >= 4 is 17.8 Å². The number of rotatable bonds is 6. The van der Waals surface area contributed by atoms with Crippen molar-refractivity contribution in [2.45, 2.75) is 19.5 Å². The van der Waals surface area contributed by atoms with Crippen LogP contribution in [-0.2, 0) is 20.9 Å². The Labute approximate surface area is 115 Å². The minimum absolute atomic E-state index is 0.145. The van der Waals surface area contributed by atoms with Crippen LogP contribution in [0, 0.1) is 0 Å². The molecule has 0 radical (unpaired) electrons. The summed E-state index contributed by atoms with van der Waals surface area (Å²) in [5.41, 5.74) is 6.26. The number of carbonyl (C=O) groups excluding carboxylic acids is 2. The van der Waals surface area contributed by atoms with Crippen LogP contribution in [0.2, 0.25) is 0 Å². The molecule has 1 rings (SSSR count). The number of carbonyl (C=O) groups is 3. The molecule has 0 aliphatic rings. The third kappa shape index (κ3) is 4.36. The van der Waals surface area contributed by atoms with Gasteiger partial charge in [0.1, 0.15) is 0 Å². The zero-order valence-corrected chi connectivity index (χ0v) is 11.0. The second kappa shape index (κ2) is 7.25. The van der Waals surface area contributed by atoms with Gasteiger partial charge in [0.15, 0.2) is 6.04 Å². The van der Waals surface area contributed by atoms with E-state index in [1.54, 1.807) is 19.1 Å². The Balaban J connectivity index is 2.52. The van der Waals surface area contributed by atoms with Crippen molar-refractivity contribution in [1.82, 2.24) is 5.32 Å². The van der Waals surface area contributed by atoms with Crippen LogP contribution in [0.5, 0.6) is 0 Å². The Morgan fingerprint density at radius 2 is 1.90 bits per heavy atom. The number of nitrogens with one attached hydrogen (secondary N) is 1. The molecule has 1 aromatic carbocycles. The van der Waals surface area contributed by atoms with E-state index in [0.29, 0.717) is 5.56 Å². The average molecular weight is 280 g/mol. The third-order valence-corrected chi connectivity index (χ3v) is 2.49. The highest BCUT2D eigenvalue weighted by Gasteiger charge is 2.22. The molecule has 7 heteroatoms. The molecule has 0 spiro atoms. The molecule has 108 valence electrons. The summed E-state index contributed by atoms with van der Waals surface area (Å²) in [5.74, 6) is -2.46. The fourth-order valence-corrected chi connectivity index (χ4v) is 1.40. The van der Waals surface area contributed by atoms with Crippen molar-refractivity contribution in [2.24, 2.45) is 5.73 Å². The first kappa shape index (κ1) is 15.6. The Bertz CT molecular complexity index is 498. The standard InChI is InChI=1S/C13H16N2O5/c1-2-20-13(19)10(14)11(16)15-7-8-3-5-9(6-4-8)12(17)18/h3-6,10H,2,7,14H2,1H3,(H,15,16)(H,17,18). The van der Waals surface area contributed by atoms with Crippen LogP contribution < -0.4 is 11.1 Å². The average Bonchev–Trinajstić information content (AvgIpc) is 2.44. The second-order valence-electron chi connectivity index (χ2n) is 3.95. The van der Waals surface area contributed by atoms with Crippen molar-refractivity contribution in [3.05, 3.63) is 35.4 Å². The van der Waals surface area contributed by atoms with Gasteiger partial charge in [0, 0.05) is 6.54 Å². The smallest absolute Gasteiger partial charge is 0.335 e. The third-order valence-electron chi connectivity index (χ3n) is 2.49. The maximum absolute atomic E-state index is 11.6. The Morgan fingerprint density at radius 3 is 2.40 bits per heavy atom. The van der Waals surface area contributed by atoms with Crippen LogP contribution >= 0.6 is 0 Å². The van der Waals surface area contributed by atoms with Gasteiger partial charge in [0.25, 0.3) is 0 Å². The lowest BCUT2D eigenvalue weighted by molar-refractivity contribution is -0.148. The molecule has 1 atom stereocenters. The van der Waals surface area contributed by atoms with E-state index < -0.39 is 23.9 Å². The Hall–Kier alpha value is -2.41. The molecule has 4 N–H and O–H groups in total. The minimum Gasteiger partial charge on any atom is -0.478 e. The molecule has 0 aromatic heterocycles. The molecule has 1 amide bonds. The molecule has 20 heavy (non-hydrogen) atoms. The van der Waals surface area contributed by atoms with Crippen molar-refractivity contribution in [2.75, 3.05) is 6.61 Å². The summed E-state index contributed by atoms with van der Waals surface area (Å²) in [6.45, 7) is 1.91. The first-order valence-electron chi connectivity index (χ1n) is 5.98. The fourth-order valence-electron chi connectivity index (χ4n) is 1.40. The molecule has 0 bridgehead atoms. The topological polar surface area (TPSA) is 119 Å². The number of hydrogen-bond acceptors (Lipinski definition) is 5. The van der Waals surface area contributed by atoms with Crippen LogP contribution in [0.25, 0.3) is 0 Å². The molecule has 0 saturated carbocycles. The van der Waals surface area contributed by atoms with Crippen molar-refractivity contribution in [3.63, 3.8) is 0 Å². The molecule has 0 saturated heterocycles. The van der Waals surface area contributed by atoms with Crippen LogP contribution in [-0.4, -0.2) is 35.6 Å². The molecule has 7 nitrogen and oxygen atoms in total. The lowest BCUT2D eigenvalue weighted by Crippen LogP contribution is -2.46. The van der Waals surface area contributed by atoms with E-state index in [0.717, 1.165) is 0 Å². The number of hydrogen-bond donors (Lipinski definition) is 3. The summed E-state index contributed by atoms with van der Waals surface area (Å²) in [6.07, 6.45) is 0. The summed E-state index contributed by atoms with van der Waals surface area (Å²) >= 11 is 0. The number of ether oxygens (including phenoxy) is 1. The predicted octanol–water partition coefficient (Wildman–Crippen LogP) is -0.109. The highest BCUT2D eigenvalue weighted by Crippen LogP contribution is 2.04. The first-order chi connectivity index (χ1) is 9.45. The molecule has 0 aliphatic heterocycles. The highest BCUT2D eigenvalue weighted by atomic mass is 16.5. The van der Waals surface area contributed by atoms with Gasteiger partial charge < -0.3 is 20.9 Å². The number of nitrogens with two attached hydrogens (primary N) is 1. The van der Waals surface area contributed by atoms with Crippen molar-refractivity contribution < 1.29 is 24.2 Å². The predicted molar refractivity (Wildman–Crippen MR) is 69.9 cm³/mol. The molecular formula is C13H16N2O5. The van der Waals surface area contributed by atoms with E-state index in [-0.39, 0.29) is 18.7 Å². The molecule has 0 fully saturated rings. The molecule has 0 heterocycles. The van der Waals surface area contributed by atoms with Gasteiger partial charge in [-0.3, -0.25) is 4.79 Å². The molecule has 0 aliphatic carbocycles. The summed E-state index contributed by atoms with van der Waals surface area (Å²) in [6, 6.07) is 4.62. The van der Waals surface area contributed by atoms with Gasteiger partial charge in [-0.15, -0.1) is 0 Å². The largest absolute Gasteiger partial charge is 0.478 e. The summed E-state index contributed by atoms with van der Waals surface area (Å²) in [5, 5.41) is 11.2. The van der Waals surface area contributed by atoms with E-state index in [1.165, 1.54) is 12.1 Å². The van der Waals surface area contributed by atoms with Crippen LogP contribution in [0.4, 0.5) is 0 Å². The van der Waals surface area contributed by atoms with Gasteiger partial charge in [0.05, 0.1) is 12.2 Å². The lowest BCUT2D eigenvalue weighted by atomic mass is 10.1. The molecular weight excluding hydrogens is 264 g/mol. The number of carboxylic acids is 1. The van der Waals surface area contributed by atoms with Crippen LogP contribution in [0.3, 0.4) is 0 Å². The summed E-state index contributed by atoms with van der Waals surface area (Å²) in [4.78, 5) is 33.5. The quantitative estimate of drug-likeness (QED) is 0.494. The SMILES string of the molecule is CCOC(=O)C(N)C(=O)NCc1ccc(C(=O)O)cc1. The van der Waals surface area contributed by atoms with Gasteiger partial charge in [-0.05, 0) is 24.6 Å². The minimum atomic E-state index is -1.37. The Morgan fingerprint density at radius 1 is 1.30 bits per heavy atom. The summed E-state index contributed by atoms with van der Waals surface area (Å²) < 4.78 is 4.63. The maximum Gasteiger partial charge on any atom is 0.335 e. The zero-order chi connectivity index (χ0) is 15.1. The number of benzene rings is 1. The van der Waals surface area contributed by atoms with Crippen LogP contribution in [0.1, 0.15) is 22.8 Å². The number of esters is 1. The van der Waals surface area contributed by atoms with E-state index >= 15 is 0 Å².